The summed E-state index contributed by atoms with van der Waals surface area (Å²) < 4.78 is 26.8. The van der Waals surface area contributed by atoms with Crippen LogP contribution in [0.1, 0.15) is 10.6 Å². The Morgan fingerprint density at radius 1 is 1.45 bits per heavy atom. The number of rotatable bonds is 4. The van der Waals surface area contributed by atoms with Crippen molar-refractivity contribution >= 4 is 48.9 Å². The van der Waals surface area contributed by atoms with E-state index < -0.39 is 10.0 Å². The molecular weight excluding hydrogens is 386 g/mol. The van der Waals surface area contributed by atoms with Gasteiger partial charge in [0.25, 0.3) is 0 Å². The SMILES string of the molecule is Cc1ncsc1CN(C)S(=O)(=O)c1cc(Br)cnc1Cl. The van der Waals surface area contributed by atoms with E-state index in [9.17, 15) is 8.42 Å². The lowest BCUT2D eigenvalue weighted by molar-refractivity contribution is 0.468. The van der Waals surface area contributed by atoms with Gasteiger partial charge in [0.1, 0.15) is 10.0 Å². The van der Waals surface area contributed by atoms with Gasteiger partial charge in [0.15, 0.2) is 0 Å². The van der Waals surface area contributed by atoms with Gasteiger partial charge >= 0.3 is 0 Å². The zero-order valence-corrected chi connectivity index (χ0v) is 14.6. The molecule has 0 fully saturated rings. The fourth-order valence-electron chi connectivity index (χ4n) is 1.52. The third-order valence-corrected chi connectivity index (χ3v) is 6.26. The Balaban J connectivity index is 2.35. The maximum absolute atomic E-state index is 12.5. The van der Waals surface area contributed by atoms with Crippen LogP contribution in [0.3, 0.4) is 0 Å². The van der Waals surface area contributed by atoms with Crippen LogP contribution < -0.4 is 0 Å². The van der Waals surface area contributed by atoms with Gasteiger partial charge in [0.2, 0.25) is 10.0 Å². The number of halogens is 2. The van der Waals surface area contributed by atoms with E-state index >= 15 is 0 Å². The molecule has 2 aromatic rings. The van der Waals surface area contributed by atoms with Crippen molar-refractivity contribution in [3.05, 3.63) is 38.0 Å². The molecule has 0 aliphatic rings. The lowest BCUT2D eigenvalue weighted by atomic mass is 10.4. The van der Waals surface area contributed by atoms with Crippen LogP contribution in [0.15, 0.2) is 27.1 Å². The summed E-state index contributed by atoms with van der Waals surface area (Å²) in [5.74, 6) is 0. The molecular formula is C11H11BrClN3O2S2. The van der Waals surface area contributed by atoms with E-state index in [1.165, 1.54) is 35.0 Å². The van der Waals surface area contributed by atoms with Gasteiger partial charge in [0.05, 0.1) is 11.2 Å². The highest BCUT2D eigenvalue weighted by molar-refractivity contribution is 9.10. The zero-order valence-electron chi connectivity index (χ0n) is 10.7. The van der Waals surface area contributed by atoms with Crippen molar-refractivity contribution in [3.8, 4) is 0 Å². The van der Waals surface area contributed by atoms with Crippen LogP contribution in [-0.2, 0) is 16.6 Å². The maximum Gasteiger partial charge on any atom is 0.246 e. The van der Waals surface area contributed by atoms with Crippen LogP contribution in [0, 0.1) is 6.92 Å². The summed E-state index contributed by atoms with van der Waals surface area (Å²) in [6.45, 7) is 2.10. The Morgan fingerprint density at radius 2 is 2.15 bits per heavy atom. The molecule has 0 saturated carbocycles. The fourth-order valence-corrected chi connectivity index (χ4v) is 4.48. The van der Waals surface area contributed by atoms with Gasteiger partial charge in [-0.15, -0.1) is 11.3 Å². The smallest absolute Gasteiger partial charge is 0.246 e. The van der Waals surface area contributed by atoms with Crippen LogP contribution in [0.5, 0.6) is 0 Å². The number of thiazole rings is 1. The highest BCUT2D eigenvalue weighted by Crippen LogP contribution is 2.26. The molecule has 0 amide bonds. The van der Waals surface area contributed by atoms with Crippen molar-refractivity contribution in [1.82, 2.24) is 14.3 Å². The first-order valence-corrected chi connectivity index (χ1v) is 8.98. The number of aromatic nitrogens is 2. The average Bonchev–Trinajstić information content (AvgIpc) is 2.78. The first-order chi connectivity index (χ1) is 9.32. The second-order valence-electron chi connectivity index (χ2n) is 4.06. The Kier molecular flexibility index (Phi) is 4.80. The van der Waals surface area contributed by atoms with Crippen LogP contribution in [0.4, 0.5) is 0 Å². The molecule has 0 radical (unpaired) electrons. The summed E-state index contributed by atoms with van der Waals surface area (Å²) in [6.07, 6.45) is 1.45. The van der Waals surface area contributed by atoms with E-state index in [0.717, 1.165) is 10.6 Å². The monoisotopic (exact) mass is 395 g/mol. The van der Waals surface area contributed by atoms with Crippen LogP contribution >= 0.6 is 38.9 Å². The van der Waals surface area contributed by atoms with Crippen molar-refractivity contribution < 1.29 is 8.42 Å². The molecule has 2 aromatic heterocycles. The second kappa shape index (κ2) is 6.07. The third kappa shape index (κ3) is 3.20. The van der Waals surface area contributed by atoms with E-state index in [4.69, 9.17) is 11.6 Å². The standard InChI is InChI=1S/C11H11BrClN3O2S2/c1-7-9(19-6-15-7)5-16(2)20(17,18)10-3-8(12)4-14-11(10)13/h3-4,6H,5H2,1-2H3. The molecule has 0 bridgehead atoms. The van der Waals surface area contributed by atoms with Gasteiger partial charge in [-0.3, -0.25) is 0 Å². The highest BCUT2D eigenvalue weighted by Gasteiger charge is 2.25. The number of sulfonamides is 1. The van der Waals surface area contributed by atoms with E-state index in [1.54, 1.807) is 5.51 Å². The fraction of sp³-hybridized carbons (Fsp3) is 0.273. The minimum Gasteiger partial charge on any atom is -0.250 e. The summed E-state index contributed by atoms with van der Waals surface area (Å²) in [6, 6.07) is 1.45. The Bertz CT molecular complexity index is 733. The van der Waals surface area contributed by atoms with E-state index in [2.05, 4.69) is 25.9 Å². The zero-order chi connectivity index (χ0) is 14.9. The van der Waals surface area contributed by atoms with Crippen LogP contribution in [-0.4, -0.2) is 29.7 Å². The number of nitrogens with zero attached hydrogens (tertiary/aromatic N) is 3. The van der Waals surface area contributed by atoms with Crippen molar-refractivity contribution in [3.63, 3.8) is 0 Å². The molecule has 108 valence electrons. The third-order valence-electron chi connectivity index (χ3n) is 2.67. The molecule has 0 aromatic carbocycles. The van der Waals surface area contributed by atoms with Crippen molar-refractivity contribution in [1.29, 1.82) is 0 Å². The minimum atomic E-state index is -3.70. The maximum atomic E-state index is 12.5. The first-order valence-electron chi connectivity index (χ1n) is 5.48. The largest absolute Gasteiger partial charge is 0.250 e. The quantitative estimate of drug-likeness (QED) is 0.745. The lowest BCUT2D eigenvalue weighted by Gasteiger charge is -2.17. The Labute approximate surface area is 134 Å². The van der Waals surface area contributed by atoms with E-state index in [0.29, 0.717) is 4.47 Å². The van der Waals surface area contributed by atoms with Crippen LogP contribution in [0.2, 0.25) is 5.15 Å². The lowest BCUT2D eigenvalue weighted by Crippen LogP contribution is -2.27. The molecule has 0 aliphatic heterocycles. The first kappa shape index (κ1) is 15.8. The molecule has 20 heavy (non-hydrogen) atoms. The van der Waals surface area contributed by atoms with Gasteiger partial charge in [-0.1, -0.05) is 11.6 Å². The predicted molar refractivity (Wildman–Crippen MR) is 82.5 cm³/mol. The van der Waals surface area contributed by atoms with Gasteiger partial charge in [-0.25, -0.2) is 18.4 Å². The molecule has 0 saturated heterocycles. The highest BCUT2D eigenvalue weighted by atomic mass is 79.9. The Morgan fingerprint density at radius 3 is 2.75 bits per heavy atom. The summed E-state index contributed by atoms with van der Waals surface area (Å²) in [7, 11) is -2.19. The van der Waals surface area contributed by atoms with Gasteiger partial charge in [-0.2, -0.15) is 4.31 Å². The topological polar surface area (TPSA) is 63.2 Å². The van der Waals surface area contributed by atoms with Gasteiger partial charge in [0, 0.05) is 29.1 Å². The summed E-state index contributed by atoms with van der Waals surface area (Å²) >= 11 is 10.5. The second-order valence-corrected chi connectivity index (χ2v) is 8.29. The summed E-state index contributed by atoms with van der Waals surface area (Å²) in [5.41, 5.74) is 2.52. The number of hydrogen-bond donors (Lipinski definition) is 0. The molecule has 9 heteroatoms. The predicted octanol–water partition coefficient (Wildman–Crippen LogP) is 3.08. The molecule has 2 rings (SSSR count). The Hall–Kier alpha value is -0.540. The molecule has 0 spiro atoms. The molecule has 5 nitrogen and oxygen atoms in total. The summed E-state index contributed by atoms with van der Waals surface area (Å²) in [4.78, 5) is 8.83. The van der Waals surface area contributed by atoms with E-state index in [1.807, 2.05) is 6.92 Å². The van der Waals surface area contributed by atoms with Crippen molar-refractivity contribution in [2.75, 3.05) is 7.05 Å². The van der Waals surface area contributed by atoms with Crippen molar-refractivity contribution in [2.24, 2.45) is 0 Å². The van der Waals surface area contributed by atoms with Gasteiger partial charge < -0.3 is 0 Å². The average molecular weight is 397 g/mol. The van der Waals surface area contributed by atoms with Crippen molar-refractivity contribution in [2.45, 2.75) is 18.4 Å². The normalized spacial score (nSPS) is 12.1. The van der Waals surface area contributed by atoms with Crippen LogP contribution in [0.25, 0.3) is 0 Å². The number of aryl methyl sites for hydroxylation is 1. The molecule has 0 aliphatic carbocycles. The van der Waals surface area contributed by atoms with Gasteiger partial charge in [-0.05, 0) is 28.9 Å². The van der Waals surface area contributed by atoms with E-state index in [-0.39, 0.29) is 16.6 Å². The number of pyridine rings is 1. The minimum absolute atomic E-state index is 0.0155. The number of hydrogen-bond acceptors (Lipinski definition) is 5. The molecule has 0 unspecified atom stereocenters. The molecule has 0 atom stereocenters. The summed E-state index contributed by atoms with van der Waals surface area (Å²) in [5, 5.41) is -0.0407. The molecule has 0 N–H and O–H groups in total. The molecule has 2 heterocycles.